The summed E-state index contributed by atoms with van der Waals surface area (Å²) in [6, 6.07) is 3.63. The van der Waals surface area contributed by atoms with Gasteiger partial charge in [-0.15, -0.1) is 0 Å². The fraction of sp³-hybridized carbons (Fsp3) is 0.538. The van der Waals surface area contributed by atoms with E-state index in [9.17, 15) is 13.5 Å². The van der Waals surface area contributed by atoms with E-state index in [-0.39, 0.29) is 19.0 Å². The van der Waals surface area contributed by atoms with Crippen LogP contribution in [0.1, 0.15) is 25.0 Å². The molecule has 0 fully saturated rings. The van der Waals surface area contributed by atoms with Crippen LogP contribution in [0.2, 0.25) is 0 Å². The molecule has 0 bridgehead atoms. The van der Waals surface area contributed by atoms with E-state index >= 15 is 0 Å². The molecule has 0 saturated carbocycles. The van der Waals surface area contributed by atoms with Crippen molar-refractivity contribution in [3.8, 4) is 5.75 Å². The quantitative estimate of drug-likeness (QED) is 0.855. The largest absolute Gasteiger partial charge is 0.492 e. The third kappa shape index (κ3) is 4.47. The summed E-state index contributed by atoms with van der Waals surface area (Å²) in [5.41, 5.74) is 1.51. The van der Waals surface area contributed by atoms with Crippen LogP contribution in [0.5, 0.6) is 5.75 Å². The molecule has 0 aliphatic carbocycles. The Balaban J connectivity index is 2.79. The number of sulfone groups is 1. The summed E-state index contributed by atoms with van der Waals surface area (Å²) in [7, 11) is -3.11. The lowest BCUT2D eigenvalue weighted by molar-refractivity contribution is 0.266. The summed E-state index contributed by atoms with van der Waals surface area (Å²) in [6.45, 7) is 5.11. The van der Waals surface area contributed by atoms with Crippen LogP contribution < -0.4 is 4.74 Å². The van der Waals surface area contributed by atoms with Crippen LogP contribution in [0.3, 0.4) is 0 Å². The molecule has 0 spiro atoms. The molecule has 4 nitrogen and oxygen atoms in total. The Labute approximate surface area is 122 Å². The molecular weight excluding hydrogens is 332 g/mol. The van der Waals surface area contributed by atoms with Crippen LogP contribution in [-0.4, -0.2) is 31.1 Å². The first kappa shape index (κ1) is 16.5. The minimum Gasteiger partial charge on any atom is -0.492 e. The van der Waals surface area contributed by atoms with Gasteiger partial charge in [-0.05, 0) is 38.5 Å². The minimum atomic E-state index is -3.11. The highest BCUT2D eigenvalue weighted by Gasteiger charge is 2.17. The molecule has 19 heavy (non-hydrogen) atoms. The molecule has 1 rings (SSSR count). The van der Waals surface area contributed by atoms with E-state index in [0.29, 0.717) is 11.3 Å². The van der Waals surface area contributed by atoms with Gasteiger partial charge in [-0.2, -0.15) is 0 Å². The summed E-state index contributed by atoms with van der Waals surface area (Å²) < 4.78 is 29.8. The number of benzene rings is 1. The standard InChI is InChI=1S/C13H19BrO4S/c1-9(2)19(16,17)5-4-18-13-10(3)6-12(14)7-11(13)8-15/h6-7,9,15H,4-5,8H2,1-3H3. The summed E-state index contributed by atoms with van der Waals surface area (Å²) in [6.07, 6.45) is 0. The number of rotatable bonds is 6. The number of aliphatic hydroxyl groups excluding tert-OH is 1. The number of hydrogen-bond donors (Lipinski definition) is 1. The molecule has 6 heteroatoms. The molecule has 108 valence electrons. The van der Waals surface area contributed by atoms with Gasteiger partial charge in [-0.3, -0.25) is 0 Å². The Morgan fingerprint density at radius 2 is 2.00 bits per heavy atom. The van der Waals surface area contributed by atoms with Crippen molar-refractivity contribution in [2.24, 2.45) is 0 Å². The first-order valence-corrected chi connectivity index (χ1v) is 8.53. The molecule has 0 saturated heterocycles. The maximum absolute atomic E-state index is 11.7. The number of hydrogen-bond acceptors (Lipinski definition) is 4. The maximum atomic E-state index is 11.7. The lowest BCUT2D eigenvalue weighted by atomic mass is 10.1. The summed E-state index contributed by atoms with van der Waals surface area (Å²) in [4.78, 5) is 0. The zero-order chi connectivity index (χ0) is 14.6. The Kier molecular flexibility index (Phi) is 5.82. The van der Waals surface area contributed by atoms with Crippen LogP contribution in [0.25, 0.3) is 0 Å². The summed E-state index contributed by atoms with van der Waals surface area (Å²) >= 11 is 3.34. The van der Waals surface area contributed by atoms with E-state index in [1.165, 1.54) is 0 Å². The van der Waals surface area contributed by atoms with Crippen molar-refractivity contribution >= 4 is 25.8 Å². The predicted octanol–water partition coefficient (Wildman–Crippen LogP) is 2.45. The Morgan fingerprint density at radius 1 is 1.37 bits per heavy atom. The number of aliphatic hydroxyl groups is 1. The average molecular weight is 351 g/mol. The molecule has 1 N–H and O–H groups in total. The number of aryl methyl sites for hydroxylation is 1. The molecule has 0 aliphatic heterocycles. The lowest BCUT2D eigenvalue weighted by Crippen LogP contribution is -2.22. The van der Waals surface area contributed by atoms with E-state index in [1.807, 2.05) is 13.0 Å². The Hall–Kier alpha value is -0.590. The monoisotopic (exact) mass is 350 g/mol. The smallest absolute Gasteiger partial charge is 0.155 e. The zero-order valence-electron chi connectivity index (χ0n) is 11.3. The second-order valence-corrected chi connectivity index (χ2v) is 8.23. The molecule has 1 aromatic rings. The third-order valence-electron chi connectivity index (χ3n) is 2.82. The van der Waals surface area contributed by atoms with E-state index in [1.54, 1.807) is 19.9 Å². The van der Waals surface area contributed by atoms with Gasteiger partial charge in [0.15, 0.2) is 9.84 Å². The summed E-state index contributed by atoms with van der Waals surface area (Å²) in [5, 5.41) is 8.89. The van der Waals surface area contributed by atoms with Gasteiger partial charge in [0.05, 0.1) is 17.6 Å². The second-order valence-electron chi connectivity index (χ2n) is 4.63. The van der Waals surface area contributed by atoms with Crippen LogP contribution in [0.4, 0.5) is 0 Å². The molecule has 0 atom stereocenters. The molecule has 0 unspecified atom stereocenters. The molecule has 0 heterocycles. The van der Waals surface area contributed by atoms with E-state index in [4.69, 9.17) is 4.74 Å². The highest BCUT2D eigenvalue weighted by atomic mass is 79.9. The fourth-order valence-corrected chi connectivity index (χ4v) is 3.03. The SMILES string of the molecule is Cc1cc(Br)cc(CO)c1OCCS(=O)(=O)C(C)C. The number of ether oxygens (including phenoxy) is 1. The highest BCUT2D eigenvalue weighted by molar-refractivity contribution is 9.10. The first-order valence-electron chi connectivity index (χ1n) is 6.02. The van der Waals surface area contributed by atoms with Gasteiger partial charge in [0.25, 0.3) is 0 Å². The predicted molar refractivity (Wildman–Crippen MR) is 79.2 cm³/mol. The zero-order valence-corrected chi connectivity index (χ0v) is 13.7. The second kappa shape index (κ2) is 6.72. The van der Waals surface area contributed by atoms with Gasteiger partial charge in [0, 0.05) is 10.0 Å². The van der Waals surface area contributed by atoms with E-state index in [2.05, 4.69) is 15.9 Å². The fourth-order valence-electron chi connectivity index (χ4n) is 1.62. The number of halogens is 1. The van der Waals surface area contributed by atoms with Gasteiger partial charge < -0.3 is 9.84 Å². The van der Waals surface area contributed by atoms with Gasteiger partial charge in [0.1, 0.15) is 12.4 Å². The first-order chi connectivity index (χ1) is 8.77. The Morgan fingerprint density at radius 3 is 2.53 bits per heavy atom. The normalized spacial score (nSPS) is 11.9. The summed E-state index contributed by atoms with van der Waals surface area (Å²) in [5.74, 6) is 0.537. The van der Waals surface area contributed by atoms with Crippen LogP contribution in [-0.2, 0) is 16.4 Å². The van der Waals surface area contributed by atoms with Gasteiger partial charge >= 0.3 is 0 Å². The van der Waals surface area contributed by atoms with E-state index < -0.39 is 15.1 Å². The van der Waals surface area contributed by atoms with Crippen LogP contribution in [0.15, 0.2) is 16.6 Å². The van der Waals surface area contributed by atoms with Crippen LogP contribution >= 0.6 is 15.9 Å². The molecule has 1 aromatic carbocycles. The van der Waals surface area contributed by atoms with Crippen molar-refractivity contribution in [1.82, 2.24) is 0 Å². The third-order valence-corrected chi connectivity index (χ3v) is 5.45. The maximum Gasteiger partial charge on any atom is 0.155 e. The van der Waals surface area contributed by atoms with Crippen molar-refractivity contribution in [2.75, 3.05) is 12.4 Å². The highest BCUT2D eigenvalue weighted by Crippen LogP contribution is 2.28. The minimum absolute atomic E-state index is 0.0228. The average Bonchev–Trinajstić information content (AvgIpc) is 2.30. The lowest BCUT2D eigenvalue weighted by Gasteiger charge is -2.14. The van der Waals surface area contributed by atoms with Gasteiger partial charge in [-0.25, -0.2) is 8.42 Å². The molecule has 0 amide bonds. The Bertz CT molecular complexity index is 538. The van der Waals surface area contributed by atoms with Crippen LogP contribution in [0, 0.1) is 6.92 Å². The van der Waals surface area contributed by atoms with Crippen molar-refractivity contribution in [3.63, 3.8) is 0 Å². The van der Waals surface area contributed by atoms with Gasteiger partial charge in [0.2, 0.25) is 0 Å². The van der Waals surface area contributed by atoms with Crippen molar-refractivity contribution in [3.05, 3.63) is 27.7 Å². The van der Waals surface area contributed by atoms with Crippen molar-refractivity contribution < 1.29 is 18.3 Å². The molecule has 0 aromatic heterocycles. The topological polar surface area (TPSA) is 63.6 Å². The molecule has 0 radical (unpaired) electrons. The molecular formula is C13H19BrO4S. The van der Waals surface area contributed by atoms with Gasteiger partial charge in [-0.1, -0.05) is 15.9 Å². The van der Waals surface area contributed by atoms with Crippen molar-refractivity contribution in [2.45, 2.75) is 32.6 Å². The molecule has 0 aliphatic rings. The van der Waals surface area contributed by atoms with Crippen molar-refractivity contribution in [1.29, 1.82) is 0 Å². The van der Waals surface area contributed by atoms with E-state index in [0.717, 1.165) is 10.0 Å².